The van der Waals surface area contributed by atoms with Crippen LogP contribution in [-0.4, -0.2) is 7.11 Å². The van der Waals surface area contributed by atoms with Gasteiger partial charge in [-0.25, -0.2) is 0 Å². The summed E-state index contributed by atoms with van der Waals surface area (Å²) < 4.78 is 6.25. The summed E-state index contributed by atoms with van der Waals surface area (Å²) in [6.45, 7) is 2.02. The first-order valence-electron chi connectivity index (χ1n) is 6.20. The Morgan fingerprint density at radius 2 is 2.05 bits per heavy atom. The highest BCUT2D eigenvalue weighted by Gasteiger charge is 2.16. The van der Waals surface area contributed by atoms with Crippen LogP contribution in [0.3, 0.4) is 0 Å². The molecular weight excluding hydrogens is 316 g/mol. The van der Waals surface area contributed by atoms with Gasteiger partial charge in [-0.3, -0.25) is 0 Å². The second-order valence-electron chi connectivity index (χ2n) is 4.46. The number of aryl methyl sites for hydroxylation is 1. The summed E-state index contributed by atoms with van der Waals surface area (Å²) in [4.78, 5) is 0. The zero-order chi connectivity index (χ0) is 14.5. The number of nitrogens with zero attached hydrogens (tertiary/aromatic N) is 1. The number of anilines is 1. The average molecular weight is 331 g/mol. The number of benzene rings is 2. The molecule has 0 amide bonds. The zero-order valence-electron chi connectivity index (χ0n) is 11.4. The van der Waals surface area contributed by atoms with E-state index in [4.69, 9.17) is 4.74 Å². The Morgan fingerprint density at radius 1 is 1.25 bits per heavy atom. The molecule has 0 aliphatic heterocycles. The van der Waals surface area contributed by atoms with E-state index >= 15 is 0 Å². The van der Waals surface area contributed by atoms with Crippen LogP contribution in [0.2, 0.25) is 0 Å². The van der Waals surface area contributed by atoms with E-state index in [9.17, 15) is 5.26 Å². The van der Waals surface area contributed by atoms with Crippen LogP contribution >= 0.6 is 15.9 Å². The van der Waals surface area contributed by atoms with Crippen molar-refractivity contribution in [2.45, 2.75) is 13.0 Å². The molecule has 2 rings (SSSR count). The highest BCUT2D eigenvalue weighted by atomic mass is 79.9. The molecule has 1 N–H and O–H groups in total. The molecule has 0 radical (unpaired) electrons. The molecule has 4 heteroatoms. The summed E-state index contributed by atoms with van der Waals surface area (Å²) >= 11 is 3.43. The first-order chi connectivity index (χ1) is 9.63. The SMILES string of the molecule is COc1ccc(Br)cc1C(C#N)Nc1cccc(C)c1. The van der Waals surface area contributed by atoms with Crippen LogP contribution in [0, 0.1) is 18.3 Å². The predicted molar refractivity (Wildman–Crippen MR) is 83.8 cm³/mol. The maximum Gasteiger partial charge on any atom is 0.143 e. The molecule has 0 aliphatic carbocycles. The molecule has 0 bridgehead atoms. The summed E-state index contributed by atoms with van der Waals surface area (Å²) in [6.07, 6.45) is 0. The molecular formula is C16H15BrN2O. The molecule has 0 aromatic heterocycles. The van der Waals surface area contributed by atoms with Crippen molar-refractivity contribution in [3.63, 3.8) is 0 Å². The molecule has 2 aromatic rings. The van der Waals surface area contributed by atoms with Gasteiger partial charge in [-0.1, -0.05) is 28.1 Å². The fourth-order valence-electron chi connectivity index (χ4n) is 2.01. The summed E-state index contributed by atoms with van der Waals surface area (Å²) in [5.74, 6) is 0.694. The van der Waals surface area contributed by atoms with E-state index in [1.165, 1.54) is 0 Å². The van der Waals surface area contributed by atoms with E-state index < -0.39 is 6.04 Å². The number of nitrogens with one attached hydrogen (secondary N) is 1. The van der Waals surface area contributed by atoms with Crippen LogP contribution in [0.15, 0.2) is 46.9 Å². The van der Waals surface area contributed by atoms with Gasteiger partial charge >= 0.3 is 0 Å². The third kappa shape index (κ3) is 3.31. The predicted octanol–water partition coefficient (Wildman–Crippen LogP) is 4.44. The topological polar surface area (TPSA) is 45.0 Å². The molecule has 0 aliphatic rings. The molecule has 20 heavy (non-hydrogen) atoms. The van der Waals surface area contributed by atoms with E-state index in [1.807, 2.05) is 49.4 Å². The third-order valence-electron chi connectivity index (χ3n) is 2.96. The van der Waals surface area contributed by atoms with Gasteiger partial charge in [0.15, 0.2) is 0 Å². The number of hydrogen-bond acceptors (Lipinski definition) is 3. The van der Waals surface area contributed by atoms with Crippen molar-refractivity contribution < 1.29 is 4.74 Å². The number of hydrogen-bond donors (Lipinski definition) is 1. The molecule has 102 valence electrons. The van der Waals surface area contributed by atoms with E-state index in [2.05, 4.69) is 27.3 Å². The monoisotopic (exact) mass is 330 g/mol. The number of rotatable bonds is 4. The molecule has 0 saturated heterocycles. The van der Waals surface area contributed by atoms with Gasteiger partial charge in [0.25, 0.3) is 0 Å². The molecule has 2 aromatic carbocycles. The van der Waals surface area contributed by atoms with Gasteiger partial charge in [-0.2, -0.15) is 5.26 Å². The van der Waals surface area contributed by atoms with Crippen molar-refractivity contribution in [1.82, 2.24) is 0 Å². The third-order valence-corrected chi connectivity index (χ3v) is 3.45. The van der Waals surface area contributed by atoms with E-state index in [0.29, 0.717) is 5.75 Å². The Hall–Kier alpha value is -1.99. The summed E-state index contributed by atoms with van der Waals surface area (Å²) in [6, 6.07) is 15.4. The van der Waals surface area contributed by atoms with Crippen LogP contribution in [-0.2, 0) is 0 Å². The highest BCUT2D eigenvalue weighted by molar-refractivity contribution is 9.10. The molecule has 0 saturated carbocycles. The van der Waals surface area contributed by atoms with Gasteiger partial charge in [0.05, 0.1) is 13.2 Å². The van der Waals surface area contributed by atoms with Gasteiger partial charge in [-0.15, -0.1) is 0 Å². The average Bonchev–Trinajstić information content (AvgIpc) is 2.45. The van der Waals surface area contributed by atoms with E-state index in [-0.39, 0.29) is 0 Å². The normalized spacial score (nSPS) is 11.5. The standard InChI is InChI=1S/C16H15BrN2O/c1-11-4-3-5-13(8-11)19-15(10-18)14-9-12(17)6-7-16(14)20-2/h3-9,15,19H,1-2H3. The lowest BCUT2D eigenvalue weighted by molar-refractivity contribution is 0.409. The summed E-state index contributed by atoms with van der Waals surface area (Å²) in [5.41, 5.74) is 2.87. The second-order valence-corrected chi connectivity index (χ2v) is 5.38. The Bertz CT molecular complexity index is 649. The number of ether oxygens (including phenoxy) is 1. The van der Waals surface area contributed by atoms with Crippen LogP contribution in [0.1, 0.15) is 17.2 Å². The number of methoxy groups -OCH3 is 1. The Labute approximate surface area is 127 Å². The van der Waals surface area contributed by atoms with Crippen LogP contribution < -0.4 is 10.1 Å². The van der Waals surface area contributed by atoms with Crippen LogP contribution in [0.4, 0.5) is 5.69 Å². The van der Waals surface area contributed by atoms with Gasteiger partial charge in [0.2, 0.25) is 0 Å². The molecule has 1 unspecified atom stereocenters. The van der Waals surface area contributed by atoms with Gasteiger partial charge in [-0.05, 0) is 42.8 Å². The van der Waals surface area contributed by atoms with Crippen LogP contribution in [0.25, 0.3) is 0 Å². The van der Waals surface area contributed by atoms with Crippen molar-refractivity contribution in [1.29, 1.82) is 5.26 Å². The van der Waals surface area contributed by atoms with Crippen LogP contribution in [0.5, 0.6) is 5.75 Å². The molecule has 1 atom stereocenters. The highest BCUT2D eigenvalue weighted by Crippen LogP contribution is 2.30. The van der Waals surface area contributed by atoms with Crippen molar-refractivity contribution >= 4 is 21.6 Å². The minimum Gasteiger partial charge on any atom is -0.496 e. The first kappa shape index (κ1) is 14.4. The van der Waals surface area contributed by atoms with Crippen molar-refractivity contribution in [2.24, 2.45) is 0 Å². The van der Waals surface area contributed by atoms with Gasteiger partial charge < -0.3 is 10.1 Å². The quantitative estimate of drug-likeness (QED) is 0.901. The fraction of sp³-hybridized carbons (Fsp3) is 0.188. The Balaban J connectivity index is 2.34. The van der Waals surface area contributed by atoms with Crippen molar-refractivity contribution in [2.75, 3.05) is 12.4 Å². The zero-order valence-corrected chi connectivity index (χ0v) is 12.9. The molecule has 0 spiro atoms. The number of nitriles is 1. The minimum atomic E-state index is -0.468. The second kappa shape index (κ2) is 6.44. The Morgan fingerprint density at radius 3 is 2.70 bits per heavy atom. The fourth-order valence-corrected chi connectivity index (χ4v) is 2.39. The molecule has 0 heterocycles. The molecule has 0 fully saturated rings. The van der Waals surface area contributed by atoms with E-state index in [1.54, 1.807) is 7.11 Å². The maximum absolute atomic E-state index is 9.44. The molecule has 3 nitrogen and oxygen atoms in total. The van der Waals surface area contributed by atoms with Crippen molar-refractivity contribution in [3.05, 3.63) is 58.1 Å². The summed E-state index contributed by atoms with van der Waals surface area (Å²) in [7, 11) is 1.60. The van der Waals surface area contributed by atoms with E-state index in [0.717, 1.165) is 21.3 Å². The first-order valence-corrected chi connectivity index (χ1v) is 6.99. The lowest BCUT2D eigenvalue weighted by atomic mass is 10.1. The summed E-state index contributed by atoms with van der Waals surface area (Å²) in [5, 5.41) is 12.7. The smallest absolute Gasteiger partial charge is 0.143 e. The minimum absolute atomic E-state index is 0.468. The van der Waals surface area contributed by atoms with Gasteiger partial charge in [0, 0.05) is 15.7 Å². The maximum atomic E-state index is 9.44. The van der Waals surface area contributed by atoms with Crippen molar-refractivity contribution in [3.8, 4) is 11.8 Å². The lowest BCUT2D eigenvalue weighted by Gasteiger charge is -2.17. The Kier molecular flexibility index (Phi) is 4.65. The largest absolute Gasteiger partial charge is 0.496 e. The number of halogens is 1. The lowest BCUT2D eigenvalue weighted by Crippen LogP contribution is -2.10. The van der Waals surface area contributed by atoms with Gasteiger partial charge in [0.1, 0.15) is 11.8 Å².